The monoisotopic (exact) mass is 426 g/mol. The molecule has 0 saturated carbocycles. The van der Waals surface area contributed by atoms with Crippen LogP contribution in [0.2, 0.25) is 10.2 Å². The molecule has 0 radical (unpaired) electrons. The minimum Gasteiger partial charge on any atom is -0.303 e. The summed E-state index contributed by atoms with van der Waals surface area (Å²) >= 11 is 12.8. The van der Waals surface area contributed by atoms with E-state index in [1.807, 2.05) is 36.4 Å². The summed E-state index contributed by atoms with van der Waals surface area (Å²) in [6.07, 6.45) is 2.48. The molecule has 1 aliphatic heterocycles. The van der Waals surface area contributed by atoms with Crippen LogP contribution in [0.15, 0.2) is 47.3 Å². The van der Waals surface area contributed by atoms with E-state index in [0.717, 1.165) is 52.2 Å². The van der Waals surface area contributed by atoms with Crippen LogP contribution in [0.3, 0.4) is 0 Å². The third-order valence-electron chi connectivity index (χ3n) is 5.61. The number of nitrogens with one attached hydrogen (secondary N) is 1. The van der Waals surface area contributed by atoms with Crippen LogP contribution in [-0.2, 0) is 13.1 Å². The first-order chi connectivity index (χ1) is 14.1. The number of fused-ring (bicyclic) bond motifs is 3. The van der Waals surface area contributed by atoms with Gasteiger partial charge in [0.05, 0.1) is 17.6 Å². The smallest absolute Gasteiger partial charge is 0.303 e. The third kappa shape index (κ3) is 3.44. The van der Waals surface area contributed by atoms with E-state index in [2.05, 4.69) is 20.9 Å². The maximum Gasteiger partial charge on any atom is 0.326 e. The van der Waals surface area contributed by atoms with E-state index in [9.17, 15) is 4.79 Å². The lowest BCUT2D eigenvalue weighted by molar-refractivity contribution is 0.331. The van der Waals surface area contributed by atoms with Crippen molar-refractivity contribution in [3.05, 3.63) is 74.3 Å². The molecule has 2 aromatic carbocycles. The first-order valence-corrected chi connectivity index (χ1v) is 10.5. The van der Waals surface area contributed by atoms with Gasteiger partial charge in [-0.1, -0.05) is 53.5 Å². The Balaban J connectivity index is 1.58. The van der Waals surface area contributed by atoms with Crippen LogP contribution in [-0.4, -0.2) is 32.5 Å². The Bertz CT molecular complexity index is 1270. The quantitative estimate of drug-likeness (QED) is 0.475. The molecule has 5 rings (SSSR count). The normalized spacial score (nSPS) is 15.0. The fourth-order valence-electron chi connectivity index (χ4n) is 4.20. The highest BCUT2D eigenvalue weighted by molar-refractivity contribution is 6.35. The van der Waals surface area contributed by atoms with Crippen molar-refractivity contribution in [2.24, 2.45) is 0 Å². The van der Waals surface area contributed by atoms with Crippen molar-refractivity contribution >= 4 is 45.1 Å². The standard InChI is InChI=1S/C22H20Cl2N4O/c23-17-8-7-14(11-15(17)13-27-9-3-4-10-27)12-28-20-16-5-1-2-6-18(16)25-21(24)19(20)26-22(28)29/h1-2,5-8,11H,3-4,9-10,12-13H2,(H,26,29). The number of hydrogen-bond donors (Lipinski definition) is 1. The molecule has 3 heterocycles. The number of halogens is 2. The number of hydrogen-bond acceptors (Lipinski definition) is 3. The zero-order valence-corrected chi connectivity index (χ0v) is 17.3. The fraction of sp³-hybridized carbons (Fsp3) is 0.273. The molecule has 1 aliphatic rings. The number of aromatic nitrogens is 3. The van der Waals surface area contributed by atoms with Crippen molar-refractivity contribution in [2.45, 2.75) is 25.9 Å². The van der Waals surface area contributed by atoms with Crippen molar-refractivity contribution in [3.63, 3.8) is 0 Å². The second kappa shape index (κ2) is 7.48. The molecule has 1 N–H and O–H groups in total. The molecule has 2 aromatic heterocycles. The molecule has 5 nitrogen and oxygen atoms in total. The number of nitrogens with zero attached hydrogens (tertiary/aromatic N) is 3. The minimum atomic E-state index is -0.198. The van der Waals surface area contributed by atoms with E-state index in [4.69, 9.17) is 23.2 Å². The van der Waals surface area contributed by atoms with E-state index in [0.29, 0.717) is 17.2 Å². The maximum atomic E-state index is 12.8. The molecule has 0 unspecified atom stereocenters. The number of rotatable bonds is 4. The lowest BCUT2D eigenvalue weighted by Crippen LogP contribution is -2.19. The summed E-state index contributed by atoms with van der Waals surface area (Å²) in [4.78, 5) is 22.5. The van der Waals surface area contributed by atoms with Crippen molar-refractivity contribution in [2.75, 3.05) is 13.1 Å². The number of para-hydroxylation sites is 1. The van der Waals surface area contributed by atoms with Crippen LogP contribution in [0.5, 0.6) is 0 Å². The van der Waals surface area contributed by atoms with Gasteiger partial charge in [0.2, 0.25) is 0 Å². The van der Waals surface area contributed by atoms with E-state index >= 15 is 0 Å². The number of benzene rings is 2. The maximum absolute atomic E-state index is 12.8. The van der Waals surface area contributed by atoms with Crippen LogP contribution in [0, 0.1) is 0 Å². The molecule has 0 aliphatic carbocycles. The van der Waals surface area contributed by atoms with Crippen LogP contribution in [0.1, 0.15) is 24.0 Å². The van der Waals surface area contributed by atoms with Gasteiger partial charge in [-0.05, 0) is 49.2 Å². The fourth-order valence-corrected chi connectivity index (χ4v) is 4.60. The molecule has 29 heavy (non-hydrogen) atoms. The van der Waals surface area contributed by atoms with E-state index in [-0.39, 0.29) is 5.69 Å². The summed E-state index contributed by atoms with van der Waals surface area (Å²) in [6.45, 7) is 3.50. The Morgan fingerprint density at radius 1 is 1.03 bits per heavy atom. The second-order valence-corrected chi connectivity index (χ2v) is 8.33. The van der Waals surface area contributed by atoms with Crippen LogP contribution in [0.4, 0.5) is 0 Å². The van der Waals surface area contributed by atoms with Crippen LogP contribution < -0.4 is 5.69 Å². The highest BCUT2D eigenvalue weighted by Crippen LogP contribution is 2.28. The lowest BCUT2D eigenvalue weighted by atomic mass is 10.1. The number of aromatic amines is 1. The molecule has 1 saturated heterocycles. The number of imidazole rings is 1. The van der Waals surface area contributed by atoms with Gasteiger partial charge in [-0.15, -0.1) is 0 Å². The second-order valence-electron chi connectivity index (χ2n) is 7.57. The van der Waals surface area contributed by atoms with Gasteiger partial charge < -0.3 is 4.98 Å². The Labute approximate surface area is 177 Å². The minimum absolute atomic E-state index is 0.198. The number of likely N-dealkylation sites (tertiary alicyclic amines) is 1. The molecular formula is C22H20Cl2N4O. The first kappa shape index (κ1) is 18.7. The Morgan fingerprint density at radius 2 is 1.83 bits per heavy atom. The van der Waals surface area contributed by atoms with Gasteiger partial charge >= 0.3 is 5.69 Å². The van der Waals surface area contributed by atoms with Gasteiger partial charge in [0.25, 0.3) is 0 Å². The van der Waals surface area contributed by atoms with Crippen molar-refractivity contribution in [1.82, 2.24) is 19.4 Å². The van der Waals surface area contributed by atoms with Crippen molar-refractivity contribution in [1.29, 1.82) is 0 Å². The summed E-state index contributed by atoms with van der Waals surface area (Å²) < 4.78 is 1.73. The van der Waals surface area contributed by atoms with Crippen molar-refractivity contribution < 1.29 is 0 Å². The number of pyridine rings is 1. The van der Waals surface area contributed by atoms with E-state index in [1.165, 1.54) is 12.8 Å². The Morgan fingerprint density at radius 3 is 2.66 bits per heavy atom. The average molecular weight is 427 g/mol. The molecule has 7 heteroatoms. The Kier molecular flexibility index (Phi) is 4.82. The summed E-state index contributed by atoms with van der Waals surface area (Å²) in [7, 11) is 0. The largest absolute Gasteiger partial charge is 0.326 e. The topological polar surface area (TPSA) is 53.9 Å². The summed E-state index contributed by atoms with van der Waals surface area (Å²) in [5.74, 6) is 0. The summed E-state index contributed by atoms with van der Waals surface area (Å²) in [5, 5.41) is 1.97. The van der Waals surface area contributed by atoms with Crippen LogP contribution in [0.25, 0.3) is 21.9 Å². The van der Waals surface area contributed by atoms with Crippen LogP contribution >= 0.6 is 23.2 Å². The Hall–Kier alpha value is -2.34. The van der Waals surface area contributed by atoms with Gasteiger partial charge in [-0.25, -0.2) is 9.78 Å². The zero-order valence-electron chi connectivity index (χ0n) is 15.8. The zero-order chi connectivity index (χ0) is 20.0. The first-order valence-electron chi connectivity index (χ1n) is 9.76. The molecule has 4 aromatic rings. The van der Waals surface area contributed by atoms with Gasteiger partial charge in [-0.3, -0.25) is 9.47 Å². The SMILES string of the molecule is O=c1[nH]c2c(Cl)nc3ccccc3c2n1Cc1ccc(Cl)c(CN2CCCC2)c1. The molecular weight excluding hydrogens is 407 g/mol. The van der Waals surface area contributed by atoms with E-state index in [1.54, 1.807) is 4.57 Å². The van der Waals surface area contributed by atoms with Gasteiger partial charge in [-0.2, -0.15) is 0 Å². The molecule has 0 bridgehead atoms. The van der Waals surface area contributed by atoms with E-state index < -0.39 is 0 Å². The van der Waals surface area contributed by atoms with Gasteiger partial charge in [0.15, 0.2) is 5.15 Å². The predicted molar refractivity (Wildman–Crippen MR) is 118 cm³/mol. The van der Waals surface area contributed by atoms with Crippen molar-refractivity contribution in [3.8, 4) is 0 Å². The summed E-state index contributed by atoms with van der Waals surface area (Å²) in [5.41, 5.74) is 4.05. The number of H-pyrrole nitrogens is 1. The third-order valence-corrected chi connectivity index (χ3v) is 6.25. The molecule has 1 fully saturated rings. The molecule has 0 atom stereocenters. The summed E-state index contributed by atoms with van der Waals surface area (Å²) in [6, 6.07) is 13.7. The highest BCUT2D eigenvalue weighted by atomic mass is 35.5. The molecule has 0 spiro atoms. The lowest BCUT2D eigenvalue weighted by Gasteiger charge is -2.16. The average Bonchev–Trinajstić information content (AvgIpc) is 3.33. The van der Waals surface area contributed by atoms with Gasteiger partial charge in [0, 0.05) is 17.0 Å². The highest BCUT2D eigenvalue weighted by Gasteiger charge is 2.17. The van der Waals surface area contributed by atoms with Gasteiger partial charge in [0.1, 0.15) is 5.52 Å². The predicted octanol–water partition coefficient (Wildman–Crippen LogP) is 4.83. The molecule has 0 amide bonds. The molecule has 148 valence electrons.